The third-order valence-electron chi connectivity index (χ3n) is 8.07. The van der Waals surface area contributed by atoms with E-state index >= 15 is 0 Å². The molecule has 6 heteroatoms. The zero-order chi connectivity index (χ0) is 31.9. The molecule has 2 heterocycles. The summed E-state index contributed by atoms with van der Waals surface area (Å²) in [5.41, 5.74) is 2.97. The van der Waals surface area contributed by atoms with Gasteiger partial charge in [0.25, 0.3) is 0 Å². The van der Waals surface area contributed by atoms with Crippen molar-refractivity contribution in [1.82, 2.24) is 0 Å². The number of furan rings is 1. The van der Waals surface area contributed by atoms with E-state index < -0.39 is 30.1 Å². The number of cyclic esters (lactones) is 1. The highest BCUT2D eigenvalue weighted by Crippen LogP contribution is 2.33. The van der Waals surface area contributed by atoms with Crippen LogP contribution in [0.25, 0.3) is 11.0 Å². The molecule has 1 saturated heterocycles. The Balaban J connectivity index is 1.37. The van der Waals surface area contributed by atoms with Crippen LogP contribution in [0.15, 0.2) is 64.6 Å². The van der Waals surface area contributed by atoms with E-state index in [1.54, 1.807) is 6.92 Å². The van der Waals surface area contributed by atoms with Crippen molar-refractivity contribution in [3.05, 3.63) is 82.6 Å². The molecule has 2 aromatic carbocycles. The first-order valence-corrected chi connectivity index (χ1v) is 15.8. The fourth-order valence-corrected chi connectivity index (χ4v) is 5.85. The Hall–Kier alpha value is -3.82. The van der Waals surface area contributed by atoms with Gasteiger partial charge < -0.3 is 19.0 Å². The Bertz CT molecular complexity index is 1520. The number of allylic oxidation sites excluding steroid dienone is 1. The first-order valence-electron chi connectivity index (χ1n) is 15.8. The number of esters is 2. The monoisotopic (exact) mass is 598 g/mol. The molecule has 234 valence electrons. The van der Waals surface area contributed by atoms with Gasteiger partial charge in [0, 0.05) is 34.9 Å². The largest absolute Gasteiger partial charge is 0.461 e. The molecule has 0 amide bonds. The average Bonchev–Trinajstić information content (AvgIpc) is 3.54. The summed E-state index contributed by atoms with van der Waals surface area (Å²) >= 11 is 0. The van der Waals surface area contributed by atoms with Crippen LogP contribution >= 0.6 is 0 Å². The Kier molecular flexibility index (Phi) is 11.1. The summed E-state index contributed by atoms with van der Waals surface area (Å²) in [7, 11) is 0. The molecule has 1 aromatic heterocycles. The lowest BCUT2D eigenvalue weighted by molar-refractivity contribution is -0.168. The van der Waals surface area contributed by atoms with Crippen LogP contribution in [0, 0.1) is 42.4 Å². The molecule has 0 saturated carbocycles. The van der Waals surface area contributed by atoms with Crippen LogP contribution in [0.4, 0.5) is 0 Å². The molecular formula is C38H46O6. The van der Waals surface area contributed by atoms with Gasteiger partial charge >= 0.3 is 11.9 Å². The Morgan fingerprint density at radius 2 is 1.75 bits per heavy atom. The quantitative estimate of drug-likeness (QED) is 0.132. The smallest absolute Gasteiger partial charge is 0.334 e. The fourth-order valence-electron chi connectivity index (χ4n) is 5.85. The predicted molar refractivity (Wildman–Crippen MR) is 173 cm³/mol. The van der Waals surface area contributed by atoms with Crippen molar-refractivity contribution < 1.29 is 28.6 Å². The van der Waals surface area contributed by atoms with Gasteiger partial charge in [0.2, 0.25) is 0 Å². The highest BCUT2D eigenvalue weighted by molar-refractivity contribution is 5.91. The number of rotatable bonds is 12. The molecule has 0 spiro atoms. The Labute approximate surface area is 261 Å². The van der Waals surface area contributed by atoms with Crippen molar-refractivity contribution in [2.24, 2.45) is 23.7 Å². The Morgan fingerprint density at radius 1 is 1.05 bits per heavy atom. The van der Waals surface area contributed by atoms with Crippen molar-refractivity contribution >= 4 is 22.9 Å². The number of aliphatic hydroxyl groups excluding tert-OH is 1. The topological polar surface area (TPSA) is 86.0 Å². The van der Waals surface area contributed by atoms with Gasteiger partial charge in [0.15, 0.2) is 5.60 Å². The second-order valence-corrected chi connectivity index (χ2v) is 13.3. The summed E-state index contributed by atoms with van der Waals surface area (Å²) in [5.74, 6) is 7.34. The van der Waals surface area contributed by atoms with Crippen LogP contribution in [-0.4, -0.2) is 35.9 Å². The molecule has 4 rings (SSSR count). The molecule has 1 N–H and O–H groups in total. The summed E-state index contributed by atoms with van der Waals surface area (Å²) in [6, 6.07) is 15.7. The zero-order valence-corrected chi connectivity index (χ0v) is 26.9. The SMILES string of the molecule is Cc1ccc(C#Cc2cccc3oc(C[C@H](C)C(=O)OC[C@]4(CO)C/C(=C\CC(CC(C)C)CC(C)C)C(=O)O4)cc23)cc1. The maximum atomic E-state index is 13.0. The van der Waals surface area contributed by atoms with Crippen molar-refractivity contribution in [2.45, 2.75) is 79.2 Å². The molecular weight excluding hydrogens is 552 g/mol. The van der Waals surface area contributed by atoms with Gasteiger partial charge in [0.05, 0.1) is 12.5 Å². The van der Waals surface area contributed by atoms with Gasteiger partial charge in [0.1, 0.15) is 18.0 Å². The number of benzene rings is 2. The molecule has 0 unspecified atom stereocenters. The number of aliphatic hydroxyl groups is 1. The third-order valence-corrected chi connectivity index (χ3v) is 8.07. The minimum absolute atomic E-state index is 0.198. The minimum Gasteiger partial charge on any atom is -0.461 e. The van der Waals surface area contributed by atoms with Gasteiger partial charge in [-0.25, -0.2) is 4.79 Å². The standard InChI is InChI=1S/C38H46O6/c1-25(2)18-30(19-26(3)4)15-17-32-22-38(23-39,44-37(32)41)24-42-36(40)28(6)20-33-21-34-31(8-7-9-35(34)43-33)16-14-29-12-10-27(5)11-13-29/h7-13,17,21,25-26,28,30,39H,15,18-20,22-24H2,1-6H3/b32-17+/t28-,38+/m0/s1. The average molecular weight is 599 g/mol. The number of aryl methyl sites for hydroxylation is 1. The van der Waals surface area contributed by atoms with E-state index in [1.165, 1.54) is 5.56 Å². The second kappa shape index (κ2) is 14.8. The first-order chi connectivity index (χ1) is 21.0. The predicted octanol–water partition coefficient (Wildman–Crippen LogP) is 7.57. The Morgan fingerprint density at radius 3 is 2.41 bits per heavy atom. The fraction of sp³-hybridized carbons (Fsp3) is 0.474. The maximum Gasteiger partial charge on any atom is 0.334 e. The molecule has 1 aliphatic heterocycles. The van der Waals surface area contributed by atoms with E-state index in [9.17, 15) is 14.7 Å². The summed E-state index contributed by atoms with van der Waals surface area (Å²) in [5, 5.41) is 11.1. The summed E-state index contributed by atoms with van der Waals surface area (Å²) < 4.78 is 17.3. The van der Waals surface area contributed by atoms with E-state index in [1.807, 2.05) is 61.5 Å². The number of fused-ring (bicyclic) bond motifs is 1. The zero-order valence-electron chi connectivity index (χ0n) is 26.9. The maximum absolute atomic E-state index is 13.0. The van der Waals surface area contributed by atoms with Gasteiger partial charge in [-0.1, -0.05) is 76.3 Å². The van der Waals surface area contributed by atoms with Crippen LogP contribution in [0.5, 0.6) is 0 Å². The van der Waals surface area contributed by atoms with Crippen LogP contribution < -0.4 is 0 Å². The number of ether oxygens (including phenoxy) is 2. The summed E-state index contributed by atoms with van der Waals surface area (Å²) in [6.07, 6.45) is 5.48. The van der Waals surface area contributed by atoms with Crippen molar-refractivity contribution in [3.8, 4) is 11.8 Å². The van der Waals surface area contributed by atoms with Crippen LogP contribution in [0.1, 0.15) is 82.8 Å². The summed E-state index contributed by atoms with van der Waals surface area (Å²) in [4.78, 5) is 25.7. The van der Waals surface area contributed by atoms with E-state index in [-0.39, 0.29) is 13.0 Å². The molecule has 6 nitrogen and oxygen atoms in total. The highest BCUT2D eigenvalue weighted by Gasteiger charge is 2.44. The number of hydrogen-bond donors (Lipinski definition) is 1. The van der Waals surface area contributed by atoms with Gasteiger partial charge in [-0.3, -0.25) is 4.79 Å². The van der Waals surface area contributed by atoms with Crippen molar-refractivity contribution in [2.75, 3.05) is 13.2 Å². The van der Waals surface area contributed by atoms with Crippen molar-refractivity contribution in [1.29, 1.82) is 0 Å². The van der Waals surface area contributed by atoms with Crippen LogP contribution in [-0.2, 0) is 25.5 Å². The van der Waals surface area contributed by atoms with Crippen LogP contribution in [0.3, 0.4) is 0 Å². The number of carbonyl (C=O) groups is 2. The first kappa shape index (κ1) is 33.1. The lowest BCUT2D eigenvalue weighted by atomic mass is 9.86. The van der Waals surface area contributed by atoms with E-state index in [0.717, 1.165) is 35.8 Å². The molecule has 0 aliphatic carbocycles. The molecule has 0 radical (unpaired) electrons. The molecule has 44 heavy (non-hydrogen) atoms. The minimum atomic E-state index is -1.26. The lowest BCUT2D eigenvalue weighted by Gasteiger charge is -2.25. The van der Waals surface area contributed by atoms with Gasteiger partial charge in [-0.2, -0.15) is 0 Å². The lowest BCUT2D eigenvalue weighted by Crippen LogP contribution is -2.40. The molecule has 0 bridgehead atoms. The van der Waals surface area contributed by atoms with Crippen LogP contribution in [0.2, 0.25) is 0 Å². The normalized spacial score (nSPS) is 18.2. The van der Waals surface area contributed by atoms with Crippen molar-refractivity contribution in [3.63, 3.8) is 0 Å². The second-order valence-electron chi connectivity index (χ2n) is 13.3. The highest BCUT2D eigenvalue weighted by atomic mass is 16.6. The number of carbonyl (C=O) groups excluding carboxylic acids is 2. The third kappa shape index (κ3) is 8.86. The van der Waals surface area contributed by atoms with E-state index in [2.05, 4.69) is 39.5 Å². The van der Waals surface area contributed by atoms with Gasteiger partial charge in [-0.05, 0) is 74.3 Å². The summed E-state index contributed by atoms with van der Waals surface area (Å²) in [6.45, 7) is 12.0. The number of hydrogen-bond acceptors (Lipinski definition) is 6. The molecule has 3 aromatic rings. The molecule has 1 aliphatic rings. The van der Waals surface area contributed by atoms with E-state index in [4.69, 9.17) is 13.9 Å². The van der Waals surface area contributed by atoms with E-state index in [0.29, 0.717) is 41.1 Å². The van der Waals surface area contributed by atoms with Gasteiger partial charge in [-0.15, -0.1) is 0 Å². The molecule has 2 atom stereocenters. The molecule has 1 fully saturated rings.